The molecule has 4 nitrogen and oxygen atoms in total. The average Bonchev–Trinajstić information content (AvgIpc) is 2.69. The van der Waals surface area contributed by atoms with Gasteiger partial charge in [0.25, 0.3) is 0 Å². The lowest BCUT2D eigenvalue weighted by atomic mass is 9.88. The van der Waals surface area contributed by atoms with Crippen molar-refractivity contribution in [3.63, 3.8) is 0 Å². The fourth-order valence-electron chi connectivity index (χ4n) is 1.76. The number of hydrogen-bond acceptors (Lipinski definition) is 3. The summed E-state index contributed by atoms with van der Waals surface area (Å²) in [5, 5.41) is 22.9. The topological polar surface area (TPSA) is 65.4 Å². The molecule has 100 valence electrons. The summed E-state index contributed by atoms with van der Waals surface area (Å²) in [6, 6.07) is 4.15. The molecule has 0 N–H and O–H groups in total. The Kier molecular flexibility index (Phi) is 4.55. The van der Waals surface area contributed by atoms with Crippen molar-refractivity contribution in [1.82, 2.24) is 9.78 Å². The van der Waals surface area contributed by atoms with E-state index in [9.17, 15) is 10.5 Å². The van der Waals surface area contributed by atoms with Crippen LogP contribution in [-0.4, -0.2) is 9.78 Å². The number of nitriles is 2. The zero-order chi connectivity index (χ0) is 14.7. The van der Waals surface area contributed by atoms with Gasteiger partial charge in [-0.15, -0.1) is 6.58 Å². The van der Waals surface area contributed by atoms with Gasteiger partial charge in [0.15, 0.2) is 5.41 Å². The molecule has 0 spiro atoms. The van der Waals surface area contributed by atoms with Gasteiger partial charge < -0.3 is 0 Å². The molecule has 0 fully saturated rings. The van der Waals surface area contributed by atoms with Crippen molar-refractivity contribution in [2.45, 2.75) is 39.2 Å². The molecule has 0 aliphatic carbocycles. The lowest BCUT2D eigenvalue weighted by molar-refractivity contribution is 0.403. The second-order valence-electron chi connectivity index (χ2n) is 5.57. The van der Waals surface area contributed by atoms with Crippen LogP contribution in [0.3, 0.4) is 0 Å². The number of nitrogens with zero attached hydrogens (tertiary/aromatic N) is 4. The highest BCUT2D eigenvalue weighted by Gasteiger charge is 2.31. The normalized spacial score (nSPS) is 11.7. The van der Waals surface area contributed by atoms with Gasteiger partial charge in [-0.2, -0.15) is 15.6 Å². The van der Waals surface area contributed by atoms with E-state index < -0.39 is 5.41 Å². The minimum atomic E-state index is -1.11. The number of halogens is 1. The van der Waals surface area contributed by atoms with E-state index in [0.717, 1.165) is 10.2 Å². The highest BCUT2D eigenvalue weighted by Crippen LogP contribution is 2.30. The van der Waals surface area contributed by atoms with Gasteiger partial charge in [-0.1, -0.05) is 26.8 Å². The van der Waals surface area contributed by atoms with E-state index in [1.807, 2.05) is 6.20 Å². The van der Waals surface area contributed by atoms with E-state index in [1.165, 1.54) is 0 Å². The quantitative estimate of drug-likeness (QED) is 0.797. The van der Waals surface area contributed by atoms with Crippen LogP contribution in [0.15, 0.2) is 23.3 Å². The summed E-state index contributed by atoms with van der Waals surface area (Å²) in [6.45, 7) is 10.0. The highest BCUT2D eigenvalue weighted by molar-refractivity contribution is 9.10. The Hall–Kier alpha value is -1.59. The summed E-state index contributed by atoms with van der Waals surface area (Å²) >= 11 is 3.47. The van der Waals surface area contributed by atoms with Crippen LogP contribution in [-0.2, 0) is 12.0 Å². The Balaban J connectivity index is 3.11. The summed E-state index contributed by atoms with van der Waals surface area (Å²) in [5.74, 6) is 0. The van der Waals surface area contributed by atoms with Gasteiger partial charge in [-0.05, 0) is 22.4 Å². The molecule has 19 heavy (non-hydrogen) atoms. The van der Waals surface area contributed by atoms with Crippen molar-refractivity contribution in [2.24, 2.45) is 5.41 Å². The van der Waals surface area contributed by atoms with Gasteiger partial charge in [-0.25, -0.2) is 0 Å². The number of allylic oxidation sites excluding steroid dienone is 1. The molecule has 1 rings (SSSR count). The first kappa shape index (κ1) is 15.5. The fraction of sp³-hybridized carbons (Fsp3) is 0.500. The fourth-order valence-corrected chi connectivity index (χ4v) is 2.67. The maximum atomic E-state index is 9.23. The minimum Gasteiger partial charge on any atom is -0.269 e. The third-order valence-electron chi connectivity index (χ3n) is 2.78. The van der Waals surface area contributed by atoms with E-state index in [1.54, 1.807) is 10.8 Å². The van der Waals surface area contributed by atoms with E-state index in [-0.39, 0.29) is 12.0 Å². The molecule has 0 aromatic carbocycles. The lowest BCUT2D eigenvalue weighted by Gasteiger charge is -2.17. The van der Waals surface area contributed by atoms with Crippen molar-refractivity contribution >= 4 is 15.9 Å². The molecule has 0 atom stereocenters. The molecule has 0 bridgehead atoms. The van der Waals surface area contributed by atoms with Gasteiger partial charge >= 0.3 is 0 Å². The molecule has 0 radical (unpaired) electrons. The Morgan fingerprint density at radius 1 is 1.42 bits per heavy atom. The maximum absolute atomic E-state index is 9.23. The smallest absolute Gasteiger partial charge is 0.166 e. The first-order valence-electron chi connectivity index (χ1n) is 5.95. The zero-order valence-corrected chi connectivity index (χ0v) is 13.0. The van der Waals surface area contributed by atoms with Crippen LogP contribution < -0.4 is 0 Å². The Morgan fingerprint density at radius 2 is 2.00 bits per heavy atom. The number of rotatable bonds is 4. The molecule has 1 aromatic heterocycles. The zero-order valence-electron chi connectivity index (χ0n) is 11.4. The number of aromatic nitrogens is 2. The number of hydrogen-bond donors (Lipinski definition) is 0. The predicted molar refractivity (Wildman–Crippen MR) is 77.1 cm³/mol. The van der Waals surface area contributed by atoms with Crippen LogP contribution >= 0.6 is 15.9 Å². The van der Waals surface area contributed by atoms with E-state index in [2.05, 4.69) is 60.5 Å². The summed E-state index contributed by atoms with van der Waals surface area (Å²) in [5.41, 5.74) is -0.289. The molecular weight excluding hydrogens is 304 g/mol. The van der Waals surface area contributed by atoms with Gasteiger partial charge in [-0.3, -0.25) is 4.68 Å². The summed E-state index contributed by atoms with van der Waals surface area (Å²) in [4.78, 5) is 0. The standard InChI is InChI=1S/C14H17BrN4/c1-5-6-14(8-16,9-17)10-19-7-11(15)12(18-19)13(2,3)4/h5,7H,1,6,10H2,2-4H3. The molecule has 0 saturated carbocycles. The SMILES string of the molecule is C=CCC(C#N)(C#N)Cn1cc(Br)c(C(C)(C)C)n1. The summed E-state index contributed by atoms with van der Waals surface area (Å²) < 4.78 is 2.55. The molecule has 0 amide bonds. The van der Waals surface area contributed by atoms with Crippen molar-refractivity contribution in [3.8, 4) is 12.1 Å². The molecule has 0 unspecified atom stereocenters. The first-order valence-corrected chi connectivity index (χ1v) is 6.74. The predicted octanol–water partition coefficient (Wildman–Crippen LogP) is 3.55. The maximum Gasteiger partial charge on any atom is 0.166 e. The molecule has 0 saturated heterocycles. The van der Waals surface area contributed by atoms with Crippen LogP contribution in [0.5, 0.6) is 0 Å². The van der Waals surface area contributed by atoms with E-state index in [0.29, 0.717) is 6.42 Å². The molecule has 0 aliphatic rings. The van der Waals surface area contributed by atoms with Crippen LogP contribution in [0.1, 0.15) is 32.9 Å². The summed E-state index contributed by atoms with van der Waals surface area (Å²) in [7, 11) is 0. The molecule has 5 heteroatoms. The third-order valence-corrected chi connectivity index (χ3v) is 3.36. The second-order valence-corrected chi connectivity index (χ2v) is 6.43. The van der Waals surface area contributed by atoms with Gasteiger partial charge in [0.05, 0.1) is 28.8 Å². The van der Waals surface area contributed by atoms with Gasteiger partial charge in [0.2, 0.25) is 0 Å². The Morgan fingerprint density at radius 3 is 2.37 bits per heavy atom. The van der Waals surface area contributed by atoms with Crippen molar-refractivity contribution in [3.05, 3.63) is 29.0 Å². The van der Waals surface area contributed by atoms with Crippen molar-refractivity contribution in [2.75, 3.05) is 0 Å². The summed E-state index contributed by atoms with van der Waals surface area (Å²) in [6.07, 6.45) is 3.73. The van der Waals surface area contributed by atoms with Crippen LogP contribution in [0, 0.1) is 28.1 Å². The lowest BCUT2D eigenvalue weighted by Crippen LogP contribution is -2.24. The van der Waals surface area contributed by atoms with Crippen molar-refractivity contribution < 1.29 is 0 Å². The van der Waals surface area contributed by atoms with E-state index >= 15 is 0 Å². The largest absolute Gasteiger partial charge is 0.269 e. The third kappa shape index (κ3) is 3.45. The molecule has 1 heterocycles. The molecule has 0 aliphatic heterocycles. The first-order chi connectivity index (χ1) is 8.78. The second kappa shape index (κ2) is 5.59. The van der Waals surface area contributed by atoms with Gasteiger partial charge in [0.1, 0.15) is 0 Å². The van der Waals surface area contributed by atoms with Crippen molar-refractivity contribution in [1.29, 1.82) is 10.5 Å². The van der Waals surface area contributed by atoms with E-state index in [4.69, 9.17) is 0 Å². The molecule has 1 aromatic rings. The highest BCUT2D eigenvalue weighted by atomic mass is 79.9. The van der Waals surface area contributed by atoms with Crippen LogP contribution in [0.25, 0.3) is 0 Å². The Labute approximate surface area is 122 Å². The average molecular weight is 321 g/mol. The minimum absolute atomic E-state index is 0.0928. The Bertz CT molecular complexity index is 537. The van der Waals surface area contributed by atoms with Crippen LogP contribution in [0.4, 0.5) is 0 Å². The molecular formula is C14H17BrN4. The van der Waals surface area contributed by atoms with Crippen LogP contribution in [0.2, 0.25) is 0 Å². The van der Waals surface area contributed by atoms with Gasteiger partial charge in [0, 0.05) is 11.6 Å². The monoisotopic (exact) mass is 320 g/mol.